The molecule has 4 unspecified atom stereocenters. The number of aliphatic carboxylic acids is 1. The molecule has 0 aromatic rings. The van der Waals surface area contributed by atoms with E-state index in [-0.39, 0.29) is 0 Å². The summed E-state index contributed by atoms with van der Waals surface area (Å²) < 4.78 is 0. The van der Waals surface area contributed by atoms with Gasteiger partial charge in [-0.2, -0.15) is 0 Å². The van der Waals surface area contributed by atoms with Gasteiger partial charge in [-0.25, -0.2) is 4.79 Å². The Kier molecular flexibility index (Phi) is 6.91. The molecule has 1 aliphatic rings. The van der Waals surface area contributed by atoms with Crippen molar-refractivity contribution in [3.8, 4) is 0 Å². The standard InChI is InChI=1S/C13H22N4O6/c1-6(18)10(17-11(20)7-3-2-4-15-7)12(21)16-8(13(22)23)5-9(14)19/h6-8,10,15,18H,2-5H2,1H3,(H2,14,19)(H,16,21)(H,17,20)(H,22,23). The third-order valence-electron chi connectivity index (χ3n) is 3.46. The fourth-order valence-electron chi connectivity index (χ4n) is 2.23. The summed E-state index contributed by atoms with van der Waals surface area (Å²) in [6.45, 7) is 1.97. The van der Waals surface area contributed by atoms with Crippen LogP contribution in [0.5, 0.6) is 0 Å². The Hall–Kier alpha value is -2.20. The van der Waals surface area contributed by atoms with Crippen molar-refractivity contribution in [2.75, 3.05) is 6.54 Å². The zero-order valence-corrected chi connectivity index (χ0v) is 12.7. The number of carboxylic acids is 1. The normalized spacial score (nSPS) is 21.0. The van der Waals surface area contributed by atoms with Gasteiger partial charge in [0.25, 0.3) is 0 Å². The van der Waals surface area contributed by atoms with E-state index >= 15 is 0 Å². The molecule has 0 aromatic heterocycles. The molecular weight excluding hydrogens is 308 g/mol. The van der Waals surface area contributed by atoms with Crippen LogP contribution < -0.4 is 21.7 Å². The Morgan fingerprint density at radius 2 is 1.96 bits per heavy atom. The summed E-state index contributed by atoms with van der Waals surface area (Å²) in [5.74, 6) is -3.69. The number of amides is 3. The number of primary amides is 1. The number of nitrogens with two attached hydrogens (primary N) is 1. The summed E-state index contributed by atoms with van der Waals surface area (Å²) in [6, 6.07) is -3.31. The van der Waals surface area contributed by atoms with Crippen LogP contribution in [0.2, 0.25) is 0 Å². The van der Waals surface area contributed by atoms with Crippen LogP contribution in [-0.4, -0.2) is 64.7 Å². The highest BCUT2D eigenvalue weighted by Gasteiger charge is 2.32. The number of carbonyl (C=O) groups is 4. The Morgan fingerprint density at radius 1 is 1.30 bits per heavy atom. The third-order valence-corrected chi connectivity index (χ3v) is 3.46. The largest absolute Gasteiger partial charge is 0.480 e. The van der Waals surface area contributed by atoms with E-state index in [4.69, 9.17) is 10.8 Å². The summed E-state index contributed by atoms with van der Waals surface area (Å²) in [5.41, 5.74) is 4.93. The van der Waals surface area contributed by atoms with Gasteiger partial charge in [0.2, 0.25) is 17.7 Å². The van der Waals surface area contributed by atoms with Crippen LogP contribution in [0.15, 0.2) is 0 Å². The number of rotatable bonds is 8. The van der Waals surface area contributed by atoms with Gasteiger partial charge in [-0.05, 0) is 26.3 Å². The Balaban J connectivity index is 2.71. The zero-order valence-electron chi connectivity index (χ0n) is 12.7. The van der Waals surface area contributed by atoms with Gasteiger partial charge in [0.05, 0.1) is 18.6 Å². The fraction of sp³-hybridized carbons (Fsp3) is 0.692. The molecule has 1 saturated heterocycles. The van der Waals surface area contributed by atoms with Crippen molar-refractivity contribution in [1.29, 1.82) is 0 Å². The van der Waals surface area contributed by atoms with Crippen LogP contribution in [0.1, 0.15) is 26.2 Å². The predicted octanol–water partition coefficient (Wildman–Crippen LogP) is -2.95. The second kappa shape index (κ2) is 8.44. The lowest BCUT2D eigenvalue weighted by molar-refractivity contribution is -0.144. The minimum absolute atomic E-state index is 0.453. The van der Waals surface area contributed by atoms with Crippen LogP contribution in [0.25, 0.3) is 0 Å². The highest BCUT2D eigenvalue weighted by molar-refractivity contribution is 5.93. The van der Waals surface area contributed by atoms with Gasteiger partial charge in [0.15, 0.2) is 0 Å². The second-order valence-electron chi connectivity index (χ2n) is 5.45. The van der Waals surface area contributed by atoms with E-state index in [1.165, 1.54) is 6.92 Å². The molecule has 0 bridgehead atoms. The fourth-order valence-corrected chi connectivity index (χ4v) is 2.23. The summed E-state index contributed by atoms with van der Waals surface area (Å²) in [5, 5.41) is 26.1. The Bertz CT molecular complexity index is 475. The molecule has 10 heteroatoms. The van der Waals surface area contributed by atoms with Crippen molar-refractivity contribution in [2.24, 2.45) is 5.73 Å². The molecule has 1 aliphatic heterocycles. The van der Waals surface area contributed by atoms with E-state index in [1.807, 2.05) is 0 Å². The molecule has 1 rings (SSSR count). The van der Waals surface area contributed by atoms with Gasteiger partial charge in [-0.3, -0.25) is 14.4 Å². The first-order valence-corrected chi connectivity index (χ1v) is 7.25. The van der Waals surface area contributed by atoms with Gasteiger partial charge in [0, 0.05) is 0 Å². The molecule has 0 saturated carbocycles. The van der Waals surface area contributed by atoms with Crippen molar-refractivity contribution < 1.29 is 29.4 Å². The SMILES string of the molecule is CC(O)C(NC(=O)C1CCCN1)C(=O)NC(CC(N)=O)C(=O)O. The van der Waals surface area contributed by atoms with E-state index in [2.05, 4.69) is 16.0 Å². The molecule has 23 heavy (non-hydrogen) atoms. The molecule has 4 atom stereocenters. The molecule has 7 N–H and O–H groups in total. The van der Waals surface area contributed by atoms with E-state index < -0.39 is 54.3 Å². The molecule has 10 nitrogen and oxygen atoms in total. The van der Waals surface area contributed by atoms with Crippen LogP contribution in [0, 0.1) is 0 Å². The van der Waals surface area contributed by atoms with Gasteiger partial charge in [0.1, 0.15) is 12.1 Å². The van der Waals surface area contributed by atoms with Gasteiger partial charge >= 0.3 is 5.97 Å². The van der Waals surface area contributed by atoms with E-state index in [1.54, 1.807) is 0 Å². The zero-order chi connectivity index (χ0) is 17.6. The van der Waals surface area contributed by atoms with Crippen molar-refractivity contribution in [3.05, 3.63) is 0 Å². The van der Waals surface area contributed by atoms with Crippen molar-refractivity contribution in [2.45, 2.75) is 50.4 Å². The molecule has 0 radical (unpaired) electrons. The number of aliphatic hydroxyl groups is 1. The summed E-state index contributed by atoms with van der Waals surface area (Å²) in [4.78, 5) is 46.0. The highest BCUT2D eigenvalue weighted by atomic mass is 16.4. The number of aliphatic hydroxyl groups excluding tert-OH is 1. The van der Waals surface area contributed by atoms with Crippen molar-refractivity contribution >= 4 is 23.7 Å². The van der Waals surface area contributed by atoms with Crippen LogP contribution in [-0.2, 0) is 19.2 Å². The summed E-state index contributed by atoms with van der Waals surface area (Å²) >= 11 is 0. The predicted molar refractivity (Wildman–Crippen MR) is 78.0 cm³/mol. The molecule has 1 fully saturated rings. The molecular formula is C13H22N4O6. The average Bonchev–Trinajstić information content (AvgIpc) is 2.96. The maximum atomic E-state index is 12.1. The number of carboxylic acid groups (broad SMARTS) is 1. The highest BCUT2D eigenvalue weighted by Crippen LogP contribution is 2.06. The second-order valence-corrected chi connectivity index (χ2v) is 5.45. The van der Waals surface area contributed by atoms with Crippen molar-refractivity contribution in [1.82, 2.24) is 16.0 Å². The number of hydrogen-bond acceptors (Lipinski definition) is 6. The maximum Gasteiger partial charge on any atom is 0.326 e. The lowest BCUT2D eigenvalue weighted by Gasteiger charge is -2.24. The lowest BCUT2D eigenvalue weighted by Crippen LogP contribution is -2.58. The lowest BCUT2D eigenvalue weighted by atomic mass is 10.1. The topological polar surface area (TPSA) is 171 Å². The van der Waals surface area contributed by atoms with Crippen LogP contribution in [0.4, 0.5) is 0 Å². The quantitative estimate of drug-likeness (QED) is 0.276. The number of carbonyl (C=O) groups excluding carboxylic acids is 3. The van der Waals surface area contributed by atoms with Crippen LogP contribution in [0.3, 0.4) is 0 Å². The summed E-state index contributed by atoms with van der Waals surface area (Å²) in [6.07, 6.45) is -0.405. The first-order chi connectivity index (χ1) is 10.7. The average molecular weight is 330 g/mol. The van der Waals surface area contributed by atoms with E-state index in [0.717, 1.165) is 6.42 Å². The first kappa shape index (κ1) is 18.8. The van der Waals surface area contributed by atoms with Crippen LogP contribution >= 0.6 is 0 Å². The van der Waals surface area contributed by atoms with Crippen molar-refractivity contribution in [3.63, 3.8) is 0 Å². The van der Waals surface area contributed by atoms with Gasteiger partial charge in [-0.1, -0.05) is 0 Å². The molecule has 3 amide bonds. The summed E-state index contributed by atoms with van der Waals surface area (Å²) in [7, 11) is 0. The first-order valence-electron chi connectivity index (χ1n) is 7.25. The Labute approximate surface area is 132 Å². The smallest absolute Gasteiger partial charge is 0.326 e. The molecule has 130 valence electrons. The monoisotopic (exact) mass is 330 g/mol. The molecule has 0 spiro atoms. The maximum absolute atomic E-state index is 12.1. The third kappa shape index (κ3) is 5.83. The molecule has 0 aromatic carbocycles. The van der Waals surface area contributed by atoms with Gasteiger partial charge < -0.3 is 31.9 Å². The number of nitrogens with one attached hydrogen (secondary N) is 3. The Morgan fingerprint density at radius 3 is 2.39 bits per heavy atom. The van der Waals surface area contributed by atoms with E-state index in [9.17, 15) is 24.3 Å². The molecule has 0 aliphatic carbocycles. The van der Waals surface area contributed by atoms with Gasteiger partial charge in [-0.15, -0.1) is 0 Å². The minimum Gasteiger partial charge on any atom is -0.480 e. The van der Waals surface area contributed by atoms with E-state index in [0.29, 0.717) is 13.0 Å². The molecule has 1 heterocycles. The minimum atomic E-state index is -1.53. The number of hydrogen-bond donors (Lipinski definition) is 6.